The number of nitrogens with two attached hydrogens (primary N) is 1. The Morgan fingerprint density at radius 2 is 1.48 bits per heavy atom. The fourth-order valence-corrected chi connectivity index (χ4v) is 3.16. The van der Waals surface area contributed by atoms with Crippen LogP contribution in [-0.4, -0.2) is 30.2 Å². The molecule has 1 atom stereocenters. The fraction of sp³-hybridized carbons (Fsp3) is 0.481. The predicted molar refractivity (Wildman–Crippen MR) is 130 cm³/mol. The van der Waals surface area contributed by atoms with Crippen molar-refractivity contribution in [3.8, 4) is 11.5 Å². The second kappa shape index (κ2) is 13.0. The SMILES string of the molecule is CCCCCCCOc1ccc(C(=O)Oc2ccc(CC(N)C(=O)OC(C)(C)C)cc2)cc1. The van der Waals surface area contributed by atoms with Gasteiger partial charge in [0.1, 0.15) is 23.1 Å². The molecule has 2 N–H and O–H groups in total. The summed E-state index contributed by atoms with van der Waals surface area (Å²) in [5.74, 6) is 0.274. The van der Waals surface area contributed by atoms with Crippen molar-refractivity contribution in [3.05, 3.63) is 59.7 Å². The summed E-state index contributed by atoms with van der Waals surface area (Å²) in [5, 5.41) is 0. The number of carbonyl (C=O) groups excluding carboxylic acids is 2. The van der Waals surface area contributed by atoms with E-state index in [-0.39, 0.29) is 0 Å². The molecule has 2 aromatic carbocycles. The standard InChI is InChI=1S/C27H37NO5/c1-5-6-7-8-9-18-31-22-16-12-21(13-17-22)25(29)32-23-14-10-20(11-15-23)19-24(28)26(30)33-27(2,3)4/h10-17,24H,5-9,18-19,28H2,1-4H3. The van der Waals surface area contributed by atoms with Crippen LogP contribution < -0.4 is 15.2 Å². The lowest BCUT2D eigenvalue weighted by molar-refractivity contribution is -0.156. The van der Waals surface area contributed by atoms with Gasteiger partial charge >= 0.3 is 11.9 Å². The van der Waals surface area contributed by atoms with Crippen LogP contribution in [0.5, 0.6) is 11.5 Å². The first-order chi connectivity index (χ1) is 15.7. The second-order valence-corrected chi connectivity index (χ2v) is 9.16. The van der Waals surface area contributed by atoms with Crippen molar-refractivity contribution >= 4 is 11.9 Å². The first-order valence-corrected chi connectivity index (χ1v) is 11.7. The van der Waals surface area contributed by atoms with Crippen molar-refractivity contribution in [3.63, 3.8) is 0 Å². The number of rotatable bonds is 12. The number of unbranched alkanes of at least 4 members (excludes halogenated alkanes) is 4. The topological polar surface area (TPSA) is 87.9 Å². The summed E-state index contributed by atoms with van der Waals surface area (Å²) in [5.41, 5.74) is 6.67. The molecule has 0 heterocycles. The molecule has 0 fully saturated rings. The van der Waals surface area contributed by atoms with E-state index in [2.05, 4.69) is 6.92 Å². The molecule has 0 amide bonds. The molecule has 0 aliphatic heterocycles. The molecule has 2 rings (SSSR count). The molecule has 0 aromatic heterocycles. The maximum absolute atomic E-state index is 12.4. The van der Waals surface area contributed by atoms with Crippen molar-refractivity contribution in [1.29, 1.82) is 0 Å². The molecule has 0 saturated heterocycles. The molecule has 33 heavy (non-hydrogen) atoms. The van der Waals surface area contributed by atoms with Gasteiger partial charge < -0.3 is 19.9 Å². The van der Waals surface area contributed by atoms with E-state index in [9.17, 15) is 9.59 Å². The Kier molecular flexibility index (Phi) is 10.4. The van der Waals surface area contributed by atoms with Gasteiger partial charge in [-0.15, -0.1) is 0 Å². The summed E-state index contributed by atoms with van der Waals surface area (Å²) in [4.78, 5) is 24.5. The van der Waals surface area contributed by atoms with Gasteiger partial charge in [0, 0.05) is 0 Å². The van der Waals surface area contributed by atoms with Crippen LogP contribution in [0.3, 0.4) is 0 Å². The van der Waals surface area contributed by atoms with Gasteiger partial charge in [-0.2, -0.15) is 0 Å². The molecular formula is C27H37NO5. The number of carbonyl (C=O) groups is 2. The third kappa shape index (κ3) is 10.1. The van der Waals surface area contributed by atoms with E-state index >= 15 is 0 Å². The number of benzene rings is 2. The predicted octanol–water partition coefficient (Wildman–Crippen LogP) is 5.47. The van der Waals surface area contributed by atoms with Gasteiger partial charge in [-0.1, -0.05) is 44.7 Å². The van der Waals surface area contributed by atoms with Gasteiger partial charge in [0.25, 0.3) is 0 Å². The Bertz CT molecular complexity index is 869. The summed E-state index contributed by atoms with van der Waals surface area (Å²) in [6.07, 6.45) is 6.27. The summed E-state index contributed by atoms with van der Waals surface area (Å²) in [7, 11) is 0. The Morgan fingerprint density at radius 3 is 2.09 bits per heavy atom. The molecule has 0 aliphatic rings. The minimum atomic E-state index is -0.755. The minimum Gasteiger partial charge on any atom is -0.494 e. The summed E-state index contributed by atoms with van der Waals surface area (Å²) in [6.45, 7) is 8.28. The Hall–Kier alpha value is -2.86. The number of ether oxygens (including phenoxy) is 3. The number of hydrogen-bond acceptors (Lipinski definition) is 6. The van der Waals surface area contributed by atoms with Crippen molar-refractivity contribution in [2.24, 2.45) is 5.73 Å². The lowest BCUT2D eigenvalue weighted by atomic mass is 10.1. The smallest absolute Gasteiger partial charge is 0.343 e. The average Bonchev–Trinajstić information content (AvgIpc) is 2.76. The van der Waals surface area contributed by atoms with Crippen molar-refractivity contribution in [2.75, 3.05) is 6.61 Å². The second-order valence-electron chi connectivity index (χ2n) is 9.16. The third-order valence-electron chi connectivity index (χ3n) is 4.91. The van der Waals surface area contributed by atoms with Crippen LogP contribution in [0.25, 0.3) is 0 Å². The van der Waals surface area contributed by atoms with Gasteiger partial charge in [0.05, 0.1) is 12.2 Å². The van der Waals surface area contributed by atoms with Crippen LogP contribution in [0.15, 0.2) is 48.5 Å². The maximum Gasteiger partial charge on any atom is 0.343 e. The Balaban J connectivity index is 1.81. The largest absolute Gasteiger partial charge is 0.494 e. The van der Waals surface area contributed by atoms with E-state index in [4.69, 9.17) is 19.9 Å². The van der Waals surface area contributed by atoms with E-state index < -0.39 is 23.6 Å². The quantitative estimate of drug-likeness (QED) is 0.259. The van der Waals surface area contributed by atoms with Gasteiger partial charge in [-0.3, -0.25) is 4.79 Å². The van der Waals surface area contributed by atoms with E-state index in [0.717, 1.165) is 17.7 Å². The normalized spacial score (nSPS) is 12.2. The van der Waals surface area contributed by atoms with Crippen LogP contribution in [0.4, 0.5) is 0 Å². The summed E-state index contributed by atoms with van der Waals surface area (Å²) in [6, 6.07) is 13.1. The highest BCUT2D eigenvalue weighted by Gasteiger charge is 2.22. The monoisotopic (exact) mass is 455 g/mol. The fourth-order valence-electron chi connectivity index (χ4n) is 3.16. The molecule has 0 spiro atoms. The zero-order chi connectivity index (χ0) is 24.3. The zero-order valence-electron chi connectivity index (χ0n) is 20.3. The van der Waals surface area contributed by atoms with Gasteiger partial charge in [-0.25, -0.2) is 4.79 Å². The van der Waals surface area contributed by atoms with Crippen LogP contribution in [0, 0.1) is 0 Å². The molecule has 0 aliphatic carbocycles. The molecule has 6 heteroatoms. The van der Waals surface area contributed by atoms with Gasteiger partial charge in [0.15, 0.2) is 0 Å². The van der Waals surface area contributed by atoms with Crippen molar-refractivity contribution in [1.82, 2.24) is 0 Å². The maximum atomic E-state index is 12.4. The molecule has 6 nitrogen and oxygen atoms in total. The highest BCUT2D eigenvalue weighted by atomic mass is 16.6. The molecule has 2 aromatic rings. The summed E-state index contributed by atoms with van der Waals surface area (Å²) >= 11 is 0. The third-order valence-corrected chi connectivity index (χ3v) is 4.91. The average molecular weight is 456 g/mol. The molecule has 0 radical (unpaired) electrons. The highest BCUT2D eigenvalue weighted by molar-refractivity contribution is 5.91. The van der Waals surface area contributed by atoms with E-state index in [0.29, 0.717) is 24.3 Å². The van der Waals surface area contributed by atoms with E-state index in [1.807, 2.05) is 0 Å². The van der Waals surface area contributed by atoms with Crippen LogP contribution >= 0.6 is 0 Å². The van der Waals surface area contributed by atoms with Crippen LogP contribution in [-0.2, 0) is 16.0 Å². The van der Waals surface area contributed by atoms with E-state index in [1.165, 1.54) is 25.7 Å². The number of hydrogen-bond donors (Lipinski definition) is 1. The Morgan fingerprint density at radius 1 is 0.879 bits per heavy atom. The van der Waals surface area contributed by atoms with Crippen LogP contribution in [0.1, 0.15) is 75.7 Å². The molecule has 180 valence electrons. The molecule has 0 bridgehead atoms. The van der Waals surface area contributed by atoms with Gasteiger partial charge in [0.2, 0.25) is 0 Å². The lowest BCUT2D eigenvalue weighted by Crippen LogP contribution is -2.38. The minimum absolute atomic E-state index is 0.337. The first kappa shape index (κ1) is 26.4. The van der Waals surface area contributed by atoms with Gasteiger partial charge in [-0.05, 0) is 75.6 Å². The molecule has 1 unspecified atom stereocenters. The summed E-state index contributed by atoms with van der Waals surface area (Å²) < 4.78 is 16.5. The molecule has 0 saturated carbocycles. The first-order valence-electron chi connectivity index (χ1n) is 11.7. The van der Waals surface area contributed by atoms with Crippen molar-refractivity contribution < 1.29 is 23.8 Å². The zero-order valence-corrected chi connectivity index (χ0v) is 20.3. The molecular weight excluding hydrogens is 418 g/mol. The number of esters is 2. The van der Waals surface area contributed by atoms with E-state index in [1.54, 1.807) is 69.3 Å². The lowest BCUT2D eigenvalue weighted by Gasteiger charge is -2.22. The Labute approximate surface area is 197 Å². The van der Waals surface area contributed by atoms with Crippen molar-refractivity contribution in [2.45, 2.75) is 77.9 Å². The highest BCUT2D eigenvalue weighted by Crippen LogP contribution is 2.18. The van der Waals surface area contributed by atoms with Crippen LogP contribution in [0.2, 0.25) is 0 Å².